The van der Waals surface area contributed by atoms with Crippen LogP contribution in [0.4, 0.5) is 5.82 Å². The number of thioether (sulfide) groups is 1. The van der Waals surface area contributed by atoms with Gasteiger partial charge in [0, 0.05) is 10.6 Å². The van der Waals surface area contributed by atoms with Crippen LogP contribution in [0.5, 0.6) is 0 Å². The molecule has 0 aliphatic heterocycles. The Morgan fingerprint density at radius 1 is 1.08 bits per heavy atom. The summed E-state index contributed by atoms with van der Waals surface area (Å²) >= 11 is 1.52. The quantitative estimate of drug-likeness (QED) is 0.194. The smallest absolute Gasteiger partial charge is 0.293 e. The molecule has 0 radical (unpaired) electrons. The summed E-state index contributed by atoms with van der Waals surface area (Å²) < 4.78 is 6.08. The number of carbonyl (C=O) groups excluding carboxylic acids is 1. The lowest BCUT2D eigenvalue weighted by atomic mass is 10.0. The molecular weight excluding hydrogens is 476 g/mol. The van der Waals surface area contributed by atoms with Crippen molar-refractivity contribution < 1.29 is 9.42 Å². The summed E-state index contributed by atoms with van der Waals surface area (Å²) in [5.41, 5.74) is 11.8. The summed E-state index contributed by atoms with van der Waals surface area (Å²) in [6, 6.07) is 22.1. The van der Waals surface area contributed by atoms with E-state index >= 15 is 0 Å². The lowest BCUT2D eigenvalue weighted by molar-refractivity contribution is 0.0949. The Morgan fingerprint density at radius 2 is 1.86 bits per heavy atom. The molecule has 36 heavy (non-hydrogen) atoms. The predicted octanol–water partition coefficient (Wildman–Crippen LogP) is 4.14. The highest BCUT2D eigenvalue weighted by Gasteiger charge is 2.24. The first-order chi connectivity index (χ1) is 17.5. The molecule has 3 aromatic carbocycles. The Kier molecular flexibility index (Phi) is 6.46. The van der Waals surface area contributed by atoms with Gasteiger partial charge in [0.15, 0.2) is 5.69 Å². The van der Waals surface area contributed by atoms with Crippen molar-refractivity contribution in [3.63, 3.8) is 0 Å². The van der Waals surface area contributed by atoms with Gasteiger partial charge in [0.1, 0.15) is 0 Å². The van der Waals surface area contributed by atoms with Crippen molar-refractivity contribution in [1.29, 1.82) is 0 Å². The van der Waals surface area contributed by atoms with E-state index < -0.39 is 5.91 Å². The van der Waals surface area contributed by atoms with Gasteiger partial charge in [0.2, 0.25) is 11.6 Å². The molecule has 0 aliphatic rings. The highest BCUT2D eigenvalue weighted by atomic mass is 32.2. The molecule has 0 atom stereocenters. The van der Waals surface area contributed by atoms with Gasteiger partial charge in [-0.05, 0) is 58.7 Å². The summed E-state index contributed by atoms with van der Waals surface area (Å²) in [4.78, 5) is 14.1. The van der Waals surface area contributed by atoms with Crippen molar-refractivity contribution in [3.8, 4) is 5.82 Å². The van der Waals surface area contributed by atoms with Gasteiger partial charge < -0.3 is 5.73 Å². The number of hydrazone groups is 1. The number of aryl methyl sites for hydroxylation is 1. The summed E-state index contributed by atoms with van der Waals surface area (Å²) in [6.45, 7) is 3.85. The normalized spacial score (nSPS) is 11.7. The van der Waals surface area contributed by atoms with Gasteiger partial charge in [0.25, 0.3) is 5.91 Å². The van der Waals surface area contributed by atoms with Crippen LogP contribution in [0.1, 0.15) is 34.2 Å². The van der Waals surface area contributed by atoms with Gasteiger partial charge >= 0.3 is 0 Å². The second kappa shape index (κ2) is 10.0. The Bertz CT molecular complexity index is 1570. The fourth-order valence-electron chi connectivity index (χ4n) is 3.57. The fourth-order valence-corrected chi connectivity index (χ4v) is 4.46. The van der Waals surface area contributed by atoms with E-state index in [4.69, 9.17) is 10.4 Å². The van der Waals surface area contributed by atoms with Crippen LogP contribution in [0.2, 0.25) is 0 Å². The average Bonchev–Trinajstić information content (AvgIpc) is 3.52. The molecule has 0 bridgehead atoms. The third-order valence-electron chi connectivity index (χ3n) is 5.56. The number of nitrogens with one attached hydrogen (secondary N) is 1. The number of anilines is 1. The van der Waals surface area contributed by atoms with Crippen LogP contribution in [-0.4, -0.2) is 36.9 Å². The molecule has 0 saturated heterocycles. The van der Waals surface area contributed by atoms with Crippen LogP contribution in [0.3, 0.4) is 0 Å². The monoisotopic (exact) mass is 498 g/mol. The number of fused-ring (bicyclic) bond motifs is 1. The fraction of sp³-hybridized carbons (Fsp3) is 0.120. The maximum atomic E-state index is 13.1. The first kappa shape index (κ1) is 23.2. The van der Waals surface area contributed by atoms with Crippen LogP contribution >= 0.6 is 11.8 Å². The number of carbonyl (C=O) groups is 1. The summed E-state index contributed by atoms with van der Waals surface area (Å²) in [6.07, 6.45) is 0. The third kappa shape index (κ3) is 4.82. The van der Waals surface area contributed by atoms with Crippen molar-refractivity contribution in [2.75, 3.05) is 5.73 Å². The van der Waals surface area contributed by atoms with Crippen LogP contribution in [0, 0.1) is 6.92 Å². The molecule has 2 heterocycles. The van der Waals surface area contributed by atoms with Gasteiger partial charge in [-0.3, -0.25) is 4.79 Å². The van der Waals surface area contributed by atoms with Gasteiger partial charge in [-0.15, -0.1) is 16.9 Å². The standard InChI is InChI=1S/C25H22N8O2S/c1-15-7-11-20(12-8-15)36-14-21-22(28-32-33(21)24-23(26)30-35-31-24)25(34)29-27-16(2)18-10-9-17-5-3-4-6-19(17)13-18/h3-13H,14H2,1-2H3,(H2,26,30)(H,29,34)/b27-16+. The molecule has 0 fully saturated rings. The molecule has 2 aromatic heterocycles. The van der Waals surface area contributed by atoms with E-state index in [1.807, 2.05) is 80.6 Å². The van der Waals surface area contributed by atoms with E-state index in [0.29, 0.717) is 17.2 Å². The third-order valence-corrected chi connectivity index (χ3v) is 6.59. The van der Waals surface area contributed by atoms with Crippen molar-refractivity contribution in [2.45, 2.75) is 24.5 Å². The Hall–Kier alpha value is -4.51. The number of benzene rings is 3. The lowest BCUT2D eigenvalue weighted by Gasteiger charge is -2.07. The maximum Gasteiger partial charge on any atom is 0.293 e. The van der Waals surface area contributed by atoms with Crippen LogP contribution in [-0.2, 0) is 5.75 Å². The molecule has 5 aromatic rings. The lowest BCUT2D eigenvalue weighted by Crippen LogP contribution is -2.21. The molecule has 10 nitrogen and oxygen atoms in total. The van der Waals surface area contributed by atoms with Gasteiger partial charge in [-0.1, -0.05) is 59.3 Å². The molecule has 5 rings (SSSR count). The number of hydrogen-bond donors (Lipinski definition) is 2. The minimum atomic E-state index is -0.504. The zero-order chi connectivity index (χ0) is 25.1. The number of rotatable bonds is 7. The molecule has 0 unspecified atom stereocenters. The molecule has 0 spiro atoms. The van der Waals surface area contributed by atoms with Gasteiger partial charge in [0.05, 0.1) is 11.4 Å². The minimum Gasteiger partial charge on any atom is -0.378 e. The van der Waals surface area contributed by atoms with Crippen LogP contribution < -0.4 is 11.2 Å². The highest BCUT2D eigenvalue weighted by Crippen LogP contribution is 2.26. The number of nitrogens with zero attached hydrogens (tertiary/aromatic N) is 6. The molecule has 0 aliphatic carbocycles. The number of amides is 1. The Labute approximate surface area is 210 Å². The van der Waals surface area contributed by atoms with E-state index in [0.717, 1.165) is 26.8 Å². The Balaban J connectivity index is 1.40. The van der Waals surface area contributed by atoms with Crippen molar-refractivity contribution in [1.82, 2.24) is 30.7 Å². The number of hydrogen-bond acceptors (Lipinski definition) is 9. The number of aromatic nitrogens is 5. The SMILES string of the molecule is C/C(=N\NC(=O)c1nnn(-c2nonc2N)c1CSc1ccc(C)cc1)c1ccc2ccccc2c1. The minimum absolute atomic E-state index is 0.0404. The molecule has 3 N–H and O–H groups in total. The topological polar surface area (TPSA) is 137 Å². The average molecular weight is 499 g/mol. The molecule has 0 saturated carbocycles. The van der Waals surface area contributed by atoms with Crippen molar-refractivity contribution in [3.05, 3.63) is 89.2 Å². The molecule has 180 valence electrons. The first-order valence-corrected chi connectivity index (χ1v) is 12.0. The largest absolute Gasteiger partial charge is 0.378 e. The Morgan fingerprint density at radius 3 is 2.61 bits per heavy atom. The van der Waals surface area contributed by atoms with E-state index in [9.17, 15) is 4.79 Å². The summed E-state index contributed by atoms with van der Waals surface area (Å²) in [5, 5.41) is 22.1. The van der Waals surface area contributed by atoms with Crippen LogP contribution in [0.15, 0.2) is 81.4 Å². The van der Waals surface area contributed by atoms with Crippen molar-refractivity contribution >= 4 is 40.0 Å². The first-order valence-electron chi connectivity index (χ1n) is 11.1. The van der Waals surface area contributed by atoms with E-state index in [2.05, 4.69) is 31.2 Å². The summed E-state index contributed by atoms with van der Waals surface area (Å²) in [5.74, 6) is 0.0739. The van der Waals surface area contributed by atoms with E-state index in [1.165, 1.54) is 16.4 Å². The van der Waals surface area contributed by atoms with E-state index in [-0.39, 0.29) is 17.3 Å². The molecule has 1 amide bonds. The molecule has 11 heteroatoms. The predicted molar refractivity (Wildman–Crippen MR) is 138 cm³/mol. The summed E-state index contributed by atoms with van der Waals surface area (Å²) in [7, 11) is 0. The highest BCUT2D eigenvalue weighted by molar-refractivity contribution is 7.98. The zero-order valence-corrected chi connectivity index (χ0v) is 20.4. The second-order valence-corrected chi connectivity index (χ2v) is 9.12. The maximum absolute atomic E-state index is 13.1. The van der Waals surface area contributed by atoms with Gasteiger partial charge in [-0.25, -0.2) is 10.1 Å². The molecular formula is C25H22N8O2S. The number of nitrogens with two attached hydrogens (primary N) is 1. The number of nitrogen functional groups attached to an aromatic ring is 1. The van der Waals surface area contributed by atoms with Gasteiger partial charge in [-0.2, -0.15) is 9.78 Å². The van der Waals surface area contributed by atoms with Crippen molar-refractivity contribution in [2.24, 2.45) is 5.10 Å². The van der Waals surface area contributed by atoms with E-state index in [1.54, 1.807) is 0 Å². The second-order valence-electron chi connectivity index (χ2n) is 8.07. The zero-order valence-electron chi connectivity index (χ0n) is 19.5. The van der Waals surface area contributed by atoms with Crippen LogP contribution in [0.25, 0.3) is 16.6 Å².